The summed E-state index contributed by atoms with van der Waals surface area (Å²) >= 11 is 5.60. The van der Waals surface area contributed by atoms with Gasteiger partial charge in [0.05, 0.1) is 5.02 Å². The minimum Gasteiger partial charge on any atom is -0.431 e. The van der Waals surface area contributed by atoms with E-state index in [1.165, 1.54) is 31.2 Å². The van der Waals surface area contributed by atoms with Gasteiger partial charge in [-0.05, 0) is 67.3 Å². The Hall–Kier alpha value is -2.21. The van der Waals surface area contributed by atoms with E-state index in [9.17, 15) is 18.0 Å². The molecule has 0 aromatic heterocycles. The van der Waals surface area contributed by atoms with Crippen LogP contribution in [0.5, 0.6) is 11.5 Å². The van der Waals surface area contributed by atoms with Crippen LogP contribution in [0.25, 0.3) is 0 Å². The van der Waals surface area contributed by atoms with Crippen molar-refractivity contribution in [2.45, 2.75) is 58.0 Å². The number of carbonyl (C=O) groups excluding carboxylic acids is 1. The van der Waals surface area contributed by atoms with E-state index in [0.29, 0.717) is 5.92 Å². The maximum atomic E-state index is 14.1. The molecule has 0 N–H and O–H groups in total. The van der Waals surface area contributed by atoms with Crippen molar-refractivity contribution in [3.63, 3.8) is 0 Å². The molecule has 0 bridgehead atoms. The molecule has 3 rings (SSSR count). The average Bonchev–Trinajstić information content (AvgIpc) is 2.72. The molecule has 2 aromatic rings. The number of ether oxygens (including phenoxy) is 2. The minimum absolute atomic E-state index is 0.238. The second kappa shape index (κ2) is 10.2. The summed E-state index contributed by atoms with van der Waals surface area (Å²) in [7, 11) is 0. The molecule has 0 spiro atoms. The lowest BCUT2D eigenvalue weighted by atomic mass is 9.77. The van der Waals surface area contributed by atoms with Crippen LogP contribution in [0, 0.1) is 11.7 Å². The maximum Gasteiger partial charge on any atom is 0.387 e. The molecular formula is C23H24ClF3O3. The van der Waals surface area contributed by atoms with E-state index in [-0.39, 0.29) is 5.75 Å². The van der Waals surface area contributed by atoms with E-state index < -0.39 is 34.7 Å². The van der Waals surface area contributed by atoms with Gasteiger partial charge in [0.15, 0.2) is 11.6 Å². The maximum absolute atomic E-state index is 14.1. The SMILES string of the molecule is CCCC1CCC(c2ccc(OC(=O)c3ccc(Cl)c(F)c3OC(F)F)cc2)CC1. The number of rotatable bonds is 7. The lowest BCUT2D eigenvalue weighted by Crippen LogP contribution is -2.15. The summed E-state index contributed by atoms with van der Waals surface area (Å²) in [6.45, 7) is -1.09. The van der Waals surface area contributed by atoms with Gasteiger partial charge >= 0.3 is 12.6 Å². The highest BCUT2D eigenvalue weighted by Gasteiger charge is 2.24. The summed E-state index contributed by atoms with van der Waals surface area (Å²) in [6.07, 6.45) is 7.24. The Bertz CT molecular complexity index is 863. The van der Waals surface area contributed by atoms with Gasteiger partial charge in [-0.15, -0.1) is 0 Å². The summed E-state index contributed by atoms with van der Waals surface area (Å²) in [5.41, 5.74) is 0.722. The fourth-order valence-electron chi connectivity index (χ4n) is 4.06. The molecule has 0 radical (unpaired) electrons. The molecule has 1 saturated carbocycles. The Morgan fingerprint density at radius 2 is 1.77 bits per heavy atom. The van der Waals surface area contributed by atoms with Crippen LogP contribution in [0.1, 0.15) is 67.3 Å². The van der Waals surface area contributed by atoms with Crippen LogP contribution < -0.4 is 9.47 Å². The number of alkyl halides is 2. The van der Waals surface area contributed by atoms with Crippen molar-refractivity contribution in [2.75, 3.05) is 0 Å². The number of esters is 1. The Balaban J connectivity index is 1.68. The standard InChI is InChI=1S/C23H24ClF3O3/c1-2-3-14-4-6-15(7-5-14)16-8-10-17(11-9-16)29-22(28)18-12-13-19(24)20(25)21(18)30-23(26)27/h8-15,23H,2-7H2,1H3. The third-order valence-electron chi connectivity index (χ3n) is 5.58. The van der Waals surface area contributed by atoms with Gasteiger partial charge in [-0.3, -0.25) is 0 Å². The molecule has 0 atom stereocenters. The lowest BCUT2D eigenvalue weighted by Gasteiger charge is -2.28. The first-order valence-electron chi connectivity index (χ1n) is 10.1. The predicted molar refractivity (Wildman–Crippen MR) is 109 cm³/mol. The summed E-state index contributed by atoms with van der Waals surface area (Å²) in [6, 6.07) is 9.31. The van der Waals surface area contributed by atoms with Crippen LogP contribution in [-0.4, -0.2) is 12.6 Å². The molecule has 3 nitrogen and oxygen atoms in total. The molecule has 0 heterocycles. The molecule has 7 heteroatoms. The smallest absolute Gasteiger partial charge is 0.387 e. The quantitative estimate of drug-likeness (QED) is 0.333. The Kier molecular flexibility index (Phi) is 7.64. The first-order chi connectivity index (χ1) is 14.4. The Morgan fingerprint density at radius 3 is 2.37 bits per heavy atom. The molecule has 30 heavy (non-hydrogen) atoms. The highest BCUT2D eigenvalue weighted by Crippen LogP contribution is 2.38. The molecule has 162 valence electrons. The van der Waals surface area contributed by atoms with Crippen molar-refractivity contribution in [1.82, 2.24) is 0 Å². The molecule has 1 aliphatic carbocycles. The normalized spacial score (nSPS) is 19.0. The lowest BCUT2D eigenvalue weighted by molar-refractivity contribution is -0.0526. The van der Waals surface area contributed by atoms with Gasteiger partial charge in [0.2, 0.25) is 0 Å². The zero-order valence-corrected chi connectivity index (χ0v) is 17.4. The van der Waals surface area contributed by atoms with E-state index in [2.05, 4.69) is 11.7 Å². The first kappa shape index (κ1) is 22.5. The van der Waals surface area contributed by atoms with Gasteiger partial charge in [-0.1, -0.05) is 43.5 Å². The molecule has 0 saturated heterocycles. The monoisotopic (exact) mass is 440 g/mol. The van der Waals surface area contributed by atoms with Gasteiger partial charge < -0.3 is 9.47 Å². The predicted octanol–water partition coefficient (Wildman–Crippen LogP) is 7.37. The summed E-state index contributed by atoms with van der Waals surface area (Å²) in [5.74, 6) is -1.63. The summed E-state index contributed by atoms with van der Waals surface area (Å²) in [4.78, 5) is 12.4. The zero-order chi connectivity index (χ0) is 21.7. The number of carbonyl (C=O) groups is 1. The molecular weight excluding hydrogens is 417 g/mol. The van der Waals surface area contributed by atoms with E-state index >= 15 is 0 Å². The summed E-state index contributed by atoms with van der Waals surface area (Å²) < 4.78 is 48.7. The third kappa shape index (κ3) is 5.48. The summed E-state index contributed by atoms with van der Waals surface area (Å²) in [5, 5.41) is -0.430. The van der Waals surface area contributed by atoms with Crippen LogP contribution >= 0.6 is 11.6 Å². The van der Waals surface area contributed by atoms with Crippen LogP contribution in [0.15, 0.2) is 36.4 Å². The van der Waals surface area contributed by atoms with E-state index in [1.807, 2.05) is 12.1 Å². The fourth-order valence-corrected chi connectivity index (χ4v) is 4.21. The molecule has 1 aliphatic rings. The highest BCUT2D eigenvalue weighted by molar-refractivity contribution is 6.31. The fraction of sp³-hybridized carbons (Fsp3) is 0.435. The Morgan fingerprint density at radius 1 is 1.10 bits per heavy atom. The second-order valence-electron chi connectivity index (χ2n) is 7.58. The van der Waals surface area contributed by atoms with E-state index in [0.717, 1.165) is 30.9 Å². The van der Waals surface area contributed by atoms with Crippen LogP contribution in [0.3, 0.4) is 0 Å². The minimum atomic E-state index is -3.31. The van der Waals surface area contributed by atoms with Crippen molar-refractivity contribution in [3.8, 4) is 11.5 Å². The van der Waals surface area contributed by atoms with E-state index in [1.54, 1.807) is 12.1 Å². The Labute approximate surface area is 179 Å². The van der Waals surface area contributed by atoms with Gasteiger partial charge in [0.25, 0.3) is 0 Å². The van der Waals surface area contributed by atoms with Gasteiger partial charge in [0.1, 0.15) is 11.3 Å². The van der Waals surface area contributed by atoms with Crippen molar-refractivity contribution in [3.05, 3.63) is 58.4 Å². The number of benzene rings is 2. The second-order valence-corrected chi connectivity index (χ2v) is 7.99. The first-order valence-corrected chi connectivity index (χ1v) is 10.5. The van der Waals surface area contributed by atoms with Crippen LogP contribution in [-0.2, 0) is 0 Å². The zero-order valence-electron chi connectivity index (χ0n) is 16.7. The van der Waals surface area contributed by atoms with Gasteiger partial charge in [0, 0.05) is 0 Å². The van der Waals surface area contributed by atoms with Crippen LogP contribution in [0.4, 0.5) is 13.2 Å². The van der Waals surface area contributed by atoms with Crippen LogP contribution in [0.2, 0.25) is 5.02 Å². The third-order valence-corrected chi connectivity index (χ3v) is 5.87. The average molecular weight is 441 g/mol. The highest BCUT2D eigenvalue weighted by atomic mass is 35.5. The van der Waals surface area contributed by atoms with Crippen molar-refractivity contribution >= 4 is 17.6 Å². The van der Waals surface area contributed by atoms with Gasteiger partial charge in [-0.25, -0.2) is 9.18 Å². The van der Waals surface area contributed by atoms with E-state index in [4.69, 9.17) is 16.3 Å². The topological polar surface area (TPSA) is 35.5 Å². The number of hydrogen-bond acceptors (Lipinski definition) is 3. The molecule has 2 aromatic carbocycles. The largest absolute Gasteiger partial charge is 0.431 e. The number of hydrogen-bond donors (Lipinski definition) is 0. The molecule has 1 fully saturated rings. The van der Waals surface area contributed by atoms with Gasteiger partial charge in [-0.2, -0.15) is 8.78 Å². The van der Waals surface area contributed by atoms with Crippen molar-refractivity contribution in [1.29, 1.82) is 0 Å². The molecule has 0 aliphatic heterocycles. The van der Waals surface area contributed by atoms with Crippen molar-refractivity contribution < 1.29 is 27.4 Å². The van der Waals surface area contributed by atoms with Crippen molar-refractivity contribution in [2.24, 2.45) is 5.92 Å². The molecule has 0 amide bonds. The molecule has 0 unspecified atom stereocenters. The number of halogens is 4.